The Hall–Kier alpha value is -1.65. The van der Waals surface area contributed by atoms with Crippen LogP contribution in [0.2, 0.25) is 0 Å². The molecule has 2 atom stereocenters. The maximum atomic E-state index is 13.9. The molecule has 0 aliphatic heterocycles. The molecule has 0 radical (unpaired) electrons. The Kier molecular flexibility index (Phi) is 4.12. The maximum absolute atomic E-state index is 13.9. The lowest BCUT2D eigenvalue weighted by molar-refractivity contribution is 0.0933. The molecule has 0 N–H and O–H groups in total. The van der Waals surface area contributed by atoms with E-state index in [0.29, 0.717) is 4.90 Å². The highest BCUT2D eigenvalue weighted by molar-refractivity contribution is 7.92. The standard InChI is InChI=1S/C14H11FO2S/c15-14(13(16)11-7-3-1-4-8-11)18(17)12-9-5-2-6-10-12/h1-10,14H. The molecule has 2 unspecified atom stereocenters. The number of hydrogen-bond acceptors (Lipinski definition) is 2. The molecule has 18 heavy (non-hydrogen) atoms. The van der Waals surface area contributed by atoms with Crippen LogP contribution in [0.4, 0.5) is 4.39 Å². The van der Waals surface area contributed by atoms with Crippen LogP contribution in [0.1, 0.15) is 10.4 Å². The van der Waals surface area contributed by atoms with Gasteiger partial charge in [-0.15, -0.1) is 0 Å². The Balaban J connectivity index is 2.17. The van der Waals surface area contributed by atoms with E-state index in [1.54, 1.807) is 48.5 Å². The maximum Gasteiger partial charge on any atom is 0.320 e. The van der Waals surface area contributed by atoms with Crippen LogP contribution in [0.5, 0.6) is 0 Å². The van der Waals surface area contributed by atoms with Gasteiger partial charge in [-0.1, -0.05) is 48.5 Å². The molecule has 0 saturated carbocycles. The SMILES string of the molecule is O=C(c1ccccc1)C(F)[S+]([O-])c1ccccc1. The van der Waals surface area contributed by atoms with Gasteiger partial charge >= 0.3 is 5.50 Å². The van der Waals surface area contributed by atoms with Crippen molar-refractivity contribution in [2.75, 3.05) is 0 Å². The molecule has 92 valence electrons. The number of alkyl halides is 1. The van der Waals surface area contributed by atoms with E-state index in [0.717, 1.165) is 0 Å². The molecule has 2 rings (SSSR count). The first-order chi connectivity index (χ1) is 8.70. The average molecular weight is 262 g/mol. The molecule has 0 aliphatic carbocycles. The van der Waals surface area contributed by atoms with Gasteiger partial charge in [0.1, 0.15) is 0 Å². The second-order valence-corrected chi connectivity index (χ2v) is 5.14. The summed E-state index contributed by atoms with van der Waals surface area (Å²) in [5.41, 5.74) is -1.80. The lowest BCUT2D eigenvalue weighted by Gasteiger charge is -2.13. The summed E-state index contributed by atoms with van der Waals surface area (Å²) in [5.74, 6) is -0.752. The van der Waals surface area contributed by atoms with E-state index < -0.39 is 22.5 Å². The molecular formula is C14H11FO2S. The number of benzene rings is 2. The number of carbonyl (C=O) groups excluding carboxylic acids is 1. The number of halogens is 1. The summed E-state index contributed by atoms with van der Waals surface area (Å²) < 4.78 is 25.8. The van der Waals surface area contributed by atoms with Crippen molar-refractivity contribution in [3.05, 3.63) is 66.2 Å². The van der Waals surface area contributed by atoms with Crippen molar-refractivity contribution in [3.63, 3.8) is 0 Å². The van der Waals surface area contributed by atoms with Gasteiger partial charge in [0.2, 0.25) is 5.78 Å². The number of Topliss-reactive ketones (excluding diaryl/α,β-unsaturated/α-hetero) is 1. The summed E-state index contributed by atoms with van der Waals surface area (Å²) in [6, 6.07) is 16.2. The lowest BCUT2D eigenvalue weighted by atomic mass is 10.1. The van der Waals surface area contributed by atoms with Crippen molar-refractivity contribution in [1.29, 1.82) is 0 Å². The van der Waals surface area contributed by atoms with Gasteiger partial charge in [0, 0.05) is 16.7 Å². The van der Waals surface area contributed by atoms with Gasteiger partial charge in [-0.25, -0.2) is 0 Å². The largest absolute Gasteiger partial charge is 0.609 e. The fourth-order valence-electron chi connectivity index (χ4n) is 1.50. The minimum Gasteiger partial charge on any atom is -0.609 e. The molecule has 4 heteroatoms. The highest BCUT2D eigenvalue weighted by Gasteiger charge is 2.32. The van der Waals surface area contributed by atoms with Crippen molar-refractivity contribution in [2.45, 2.75) is 10.4 Å². The molecule has 2 aromatic carbocycles. The average Bonchev–Trinajstić information content (AvgIpc) is 2.47. The molecule has 2 aromatic rings. The van der Waals surface area contributed by atoms with Crippen molar-refractivity contribution in [1.82, 2.24) is 0 Å². The van der Waals surface area contributed by atoms with Crippen molar-refractivity contribution in [2.24, 2.45) is 0 Å². The van der Waals surface area contributed by atoms with Gasteiger partial charge < -0.3 is 4.55 Å². The van der Waals surface area contributed by atoms with Gasteiger partial charge in [0.05, 0.1) is 0 Å². The van der Waals surface area contributed by atoms with Gasteiger partial charge in [0.15, 0.2) is 4.90 Å². The third-order valence-electron chi connectivity index (χ3n) is 2.43. The first-order valence-corrected chi connectivity index (χ1v) is 6.60. The third kappa shape index (κ3) is 2.78. The third-order valence-corrected chi connectivity index (χ3v) is 3.75. The molecule has 0 bridgehead atoms. The fraction of sp³-hybridized carbons (Fsp3) is 0.0714. The van der Waals surface area contributed by atoms with Crippen molar-refractivity contribution < 1.29 is 13.7 Å². The van der Waals surface area contributed by atoms with E-state index >= 15 is 0 Å². The van der Waals surface area contributed by atoms with Crippen LogP contribution >= 0.6 is 0 Å². The van der Waals surface area contributed by atoms with Crippen LogP contribution < -0.4 is 0 Å². The molecule has 0 saturated heterocycles. The second-order valence-electron chi connectivity index (χ2n) is 3.66. The summed E-state index contributed by atoms with van der Waals surface area (Å²) in [5, 5.41) is 0. The van der Waals surface area contributed by atoms with Gasteiger partial charge in [-0.05, 0) is 12.1 Å². The van der Waals surface area contributed by atoms with Crippen LogP contribution in [0.3, 0.4) is 0 Å². The Morgan fingerprint density at radius 1 is 1.00 bits per heavy atom. The minimum absolute atomic E-state index is 0.231. The van der Waals surface area contributed by atoms with E-state index in [4.69, 9.17) is 0 Å². The molecule has 0 aliphatic rings. The Morgan fingerprint density at radius 2 is 1.50 bits per heavy atom. The molecule has 0 aromatic heterocycles. The highest BCUT2D eigenvalue weighted by atomic mass is 32.2. The van der Waals surface area contributed by atoms with E-state index in [-0.39, 0.29) is 5.56 Å². The normalized spacial score (nSPS) is 13.9. The molecule has 2 nitrogen and oxygen atoms in total. The Labute approximate surface area is 108 Å². The second kappa shape index (κ2) is 5.80. The molecule has 0 heterocycles. The lowest BCUT2D eigenvalue weighted by Crippen LogP contribution is -2.26. The zero-order valence-electron chi connectivity index (χ0n) is 9.45. The number of hydrogen-bond donors (Lipinski definition) is 0. The van der Waals surface area contributed by atoms with Gasteiger partial charge in [-0.3, -0.25) is 4.79 Å². The van der Waals surface area contributed by atoms with Gasteiger partial charge in [0.25, 0.3) is 0 Å². The quantitative estimate of drug-likeness (QED) is 0.627. The number of rotatable bonds is 4. The van der Waals surface area contributed by atoms with E-state index in [1.165, 1.54) is 12.1 Å². The smallest absolute Gasteiger partial charge is 0.320 e. The fourth-order valence-corrected chi connectivity index (χ4v) is 2.50. The predicted octanol–water partition coefficient (Wildman–Crippen LogP) is 2.97. The van der Waals surface area contributed by atoms with E-state index in [1.807, 2.05) is 0 Å². The number of ketones is 1. The van der Waals surface area contributed by atoms with E-state index in [9.17, 15) is 13.7 Å². The summed E-state index contributed by atoms with van der Waals surface area (Å²) in [6.45, 7) is 0. The molecule has 0 spiro atoms. The summed E-state index contributed by atoms with van der Waals surface area (Å²) in [4.78, 5) is 12.1. The van der Waals surface area contributed by atoms with Crippen molar-refractivity contribution in [3.8, 4) is 0 Å². The predicted molar refractivity (Wildman–Crippen MR) is 68.5 cm³/mol. The van der Waals surface area contributed by atoms with Crippen LogP contribution in [0.25, 0.3) is 0 Å². The summed E-state index contributed by atoms with van der Waals surface area (Å²) >= 11 is -1.97. The van der Waals surface area contributed by atoms with Gasteiger partial charge in [-0.2, -0.15) is 4.39 Å². The Bertz CT molecular complexity index is 516. The monoisotopic (exact) mass is 262 g/mol. The molecule has 0 amide bonds. The zero-order valence-corrected chi connectivity index (χ0v) is 10.3. The van der Waals surface area contributed by atoms with Crippen LogP contribution in [0.15, 0.2) is 65.6 Å². The number of carbonyl (C=O) groups is 1. The van der Waals surface area contributed by atoms with Crippen LogP contribution in [0, 0.1) is 0 Å². The minimum atomic E-state index is -2.03. The first kappa shape index (κ1) is 12.8. The molecule has 0 fully saturated rings. The van der Waals surface area contributed by atoms with Crippen LogP contribution in [-0.2, 0) is 11.2 Å². The zero-order chi connectivity index (χ0) is 13.0. The summed E-state index contributed by atoms with van der Waals surface area (Å²) in [6.07, 6.45) is 0. The topological polar surface area (TPSA) is 40.1 Å². The van der Waals surface area contributed by atoms with Crippen molar-refractivity contribution >= 4 is 17.0 Å². The summed E-state index contributed by atoms with van der Waals surface area (Å²) in [7, 11) is 0. The highest BCUT2D eigenvalue weighted by Crippen LogP contribution is 2.20. The first-order valence-electron chi connectivity index (χ1n) is 5.39. The van der Waals surface area contributed by atoms with E-state index in [2.05, 4.69) is 0 Å². The molecular weight excluding hydrogens is 251 g/mol. The van der Waals surface area contributed by atoms with Crippen LogP contribution in [-0.4, -0.2) is 15.8 Å². The Morgan fingerprint density at radius 3 is 2.06 bits per heavy atom.